The van der Waals surface area contributed by atoms with Crippen molar-refractivity contribution in [3.63, 3.8) is 0 Å². The Morgan fingerprint density at radius 1 is 0.857 bits per heavy atom. The second kappa shape index (κ2) is 6.96. The minimum absolute atomic E-state index is 0.517. The van der Waals surface area contributed by atoms with Gasteiger partial charge in [-0.05, 0) is 93.8 Å². The van der Waals surface area contributed by atoms with Gasteiger partial charge in [-0.1, -0.05) is 25.7 Å². The molecule has 1 N–H and O–H groups in total. The van der Waals surface area contributed by atoms with E-state index in [2.05, 4.69) is 47.0 Å². The summed E-state index contributed by atoms with van der Waals surface area (Å²) < 4.78 is 0. The normalized spacial score (nSPS) is 17.4. The maximum atomic E-state index is 3.60. The summed E-state index contributed by atoms with van der Waals surface area (Å²) >= 11 is 0. The molecule has 0 amide bonds. The molecule has 1 aromatic carbocycles. The van der Waals surface area contributed by atoms with Crippen molar-refractivity contribution in [2.75, 3.05) is 7.05 Å². The predicted octanol–water partition coefficient (Wildman–Crippen LogP) is 5.46. The highest BCUT2D eigenvalue weighted by Gasteiger charge is 2.21. The molecule has 1 saturated carbocycles. The van der Waals surface area contributed by atoms with E-state index in [4.69, 9.17) is 0 Å². The summed E-state index contributed by atoms with van der Waals surface area (Å²) in [6.07, 6.45) is 8.49. The Balaban J connectivity index is 2.24. The Bertz CT molecular complexity index is 466. The van der Waals surface area contributed by atoms with Crippen LogP contribution in [0.5, 0.6) is 0 Å². The zero-order valence-corrected chi connectivity index (χ0v) is 14.9. The molecule has 0 spiro atoms. The molecule has 0 aromatic heterocycles. The molecule has 0 radical (unpaired) electrons. The van der Waals surface area contributed by atoms with Gasteiger partial charge in [0, 0.05) is 6.04 Å². The van der Waals surface area contributed by atoms with E-state index in [0.29, 0.717) is 6.04 Å². The van der Waals surface area contributed by atoms with Gasteiger partial charge >= 0.3 is 0 Å². The Hall–Kier alpha value is -0.820. The van der Waals surface area contributed by atoms with Gasteiger partial charge < -0.3 is 5.32 Å². The first-order valence-electron chi connectivity index (χ1n) is 8.71. The van der Waals surface area contributed by atoms with Crippen molar-refractivity contribution in [3.8, 4) is 0 Å². The topological polar surface area (TPSA) is 12.0 Å². The molecule has 0 heterocycles. The van der Waals surface area contributed by atoms with Gasteiger partial charge in [-0.2, -0.15) is 0 Å². The lowest BCUT2D eigenvalue weighted by Crippen LogP contribution is -2.21. The van der Waals surface area contributed by atoms with Crippen molar-refractivity contribution in [1.82, 2.24) is 5.32 Å². The molecule has 118 valence electrons. The summed E-state index contributed by atoms with van der Waals surface area (Å²) in [5.74, 6) is 0.981. The minimum atomic E-state index is 0.517. The molecule has 1 aliphatic carbocycles. The van der Waals surface area contributed by atoms with Crippen LogP contribution in [0, 0.1) is 40.5 Å². The molecule has 1 nitrogen and oxygen atoms in total. The fraction of sp³-hybridized carbons (Fsp3) is 0.700. The Labute approximate surface area is 131 Å². The lowest BCUT2D eigenvalue weighted by atomic mass is 9.84. The molecular formula is C20H33N. The molecule has 2 rings (SSSR count). The largest absolute Gasteiger partial charge is 0.313 e. The van der Waals surface area contributed by atoms with Crippen molar-refractivity contribution >= 4 is 0 Å². The maximum absolute atomic E-state index is 3.60. The van der Waals surface area contributed by atoms with Crippen LogP contribution in [0.15, 0.2) is 0 Å². The molecule has 1 fully saturated rings. The Morgan fingerprint density at radius 3 is 1.81 bits per heavy atom. The number of hydrogen-bond acceptors (Lipinski definition) is 1. The number of benzene rings is 1. The first kappa shape index (κ1) is 16.5. The van der Waals surface area contributed by atoms with E-state index in [1.165, 1.54) is 66.3 Å². The van der Waals surface area contributed by atoms with Crippen molar-refractivity contribution in [1.29, 1.82) is 0 Å². The average molecular weight is 287 g/mol. The van der Waals surface area contributed by atoms with Crippen LogP contribution in [0.25, 0.3) is 0 Å². The van der Waals surface area contributed by atoms with E-state index in [1.54, 1.807) is 5.56 Å². The highest BCUT2D eigenvalue weighted by Crippen LogP contribution is 2.35. The zero-order chi connectivity index (χ0) is 15.6. The first-order valence-corrected chi connectivity index (χ1v) is 8.71. The van der Waals surface area contributed by atoms with Crippen molar-refractivity contribution in [2.45, 2.75) is 79.2 Å². The van der Waals surface area contributed by atoms with Crippen LogP contribution >= 0.6 is 0 Å². The zero-order valence-electron chi connectivity index (χ0n) is 14.9. The van der Waals surface area contributed by atoms with Gasteiger partial charge in [0.2, 0.25) is 0 Å². The Morgan fingerprint density at radius 2 is 1.33 bits per heavy atom. The summed E-state index contributed by atoms with van der Waals surface area (Å²) in [6, 6.07) is 0.517. The SMILES string of the molecule is CNC(CCC1CCCC1)c1c(C)c(C)c(C)c(C)c1C. The fourth-order valence-electron chi connectivity index (χ4n) is 4.19. The third-order valence-electron chi connectivity index (χ3n) is 6.09. The standard InChI is InChI=1S/C20H33N/c1-13-14(2)16(4)20(17(5)15(13)3)19(21-6)12-11-18-9-7-8-10-18/h18-19,21H,7-12H2,1-6H3. The van der Waals surface area contributed by atoms with Gasteiger partial charge in [-0.15, -0.1) is 0 Å². The first-order chi connectivity index (χ1) is 9.97. The van der Waals surface area contributed by atoms with E-state index in [0.717, 1.165) is 5.92 Å². The Kier molecular flexibility index (Phi) is 5.48. The molecule has 1 heteroatoms. The molecule has 1 aliphatic rings. The van der Waals surface area contributed by atoms with E-state index < -0.39 is 0 Å². The van der Waals surface area contributed by atoms with Crippen LogP contribution in [-0.4, -0.2) is 7.05 Å². The quantitative estimate of drug-likeness (QED) is 0.758. The van der Waals surface area contributed by atoms with Crippen LogP contribution in [0.4, 0.5) is 0 Å². The highest BCUT2D eigenvalue weighted by atomic mass is 14.9. The average Bonchev–Trinajstić information content (AvgIpc) is 3.00. The molecule has 21 heavy (non-hydrogen) atoms. The third-order valence-corrected chi connectivity index (χ3v) is 6.09. The fourth-order valence-corrected chi connectivity index (χ4v) is 4.19. The predicted molar refractivity (Wildman–Crippen MR) is 93.1 cm³/mol. The number of nitrogens with one attached hydrogen (secondary N) is 1. The minimum Gasteiger partial charge on any atom is -0.313 e. The summed E-state index contributed by atoms with van der Waals surface area (Å²) in [5, 5.41) is 3.60. The van der Waals surface area contributed by atoms with Gasteiger partial charge in [0.05, 0.1) is 0 Å². The molecule has 0 aliphatic heterocycles. The number of hydrogen-bond donors (Lipinski definition) is 1. The third kappa shape index (κ3) is 3.34. The van der Waals surface area contributed by atoms with Crippen molar-refractivity contribution in [3.05, 3.63) is 33.4 Å². The second-order valence-electron chi connectivity index (χ2n) is 7.11. The lowest BCUT2D eigenvalue weighted by molar-refractivity contribution is 0.425. The molecule has 1 atom stereocenters. The lowest BCUT2D eigenvalue weighted by Gasteiger charge is -2.26. The van der Waals surface area contributed by atoms with Crippen LogP contribution in [0.1, 0.15) is 77.9 Å². The van der Waals surface area contributed by atoms with E-state index in [9.17, 15) is 0 Å². The molecule has 0 bridgehead atoms. The summed E-state index contributed by atoms with van der Waals surface area (Å²) in [6.45, 7) is 11.4. The second-order valence-corrected chi connectivity index (χ2v) is 7.11. The van der Waals surface area contributed by atoms with Crippen LogP contribution in [0.2, 0.25) is 0 Å². The monoisotopic (exact) mass is 287 g/mol. The van der Waals surface area contributed by atoms with Gasteiger partial charge in [-0.25, -0.2) is 0 Å². The molecule has 1 aromatic rings. The van der Waals surface area contributed by atoms with Crippen LogP contribution < -0.4 is 5.32 Å². The van der Waals surface area contributed by atoms with Gasteiger partial charge in [0.25, 0.3) is 0 Å². The van der Waals surface area contributed by atoms with E-state index >= 15 is 0 Å². The van der Waals surface area contributed by atoms with Gasteiger partial charge in [0.1, 0.15) is 0 Å². The summed E-state index contributed by atoms with van der Waals surface area (Å²) in [7, 11) is 2.13. The van der Waals surface area contributed by atoms with Crippen LogP contribution in [-0.2, 0) is 0 Å². The smallest absolute Gasteiger partial charge is 0.0323 e. The highest BCUT2D eigenvalue weighted by molar-refractivity contribution is 5.50. The molecule has 0 saturated heterocycles. The van der Waals surface area contributed by atoms with Crippen molar-refractivity contribution in [2.24, 2.45) is 5.92 Å². The van der Waals surface area contributed by atoms with Crippen molar-refractivity contribution < 1.29 is 0 Å². The number of rotatable bonds is 5. The summed E-state index contributed by atoms with van der Waals surface area (Å²) in [5.41, 5.74) is 9.00. The van der Waals surface area contributed by atoms with E-state index in [1.807, 2.05) is 0 Å². The maximum Gasteiger partial charge on any atom is 0.0323 e. The van der Waals surface area contributed by atoms with E-state index in [-0.39, 0.29) is 0 Å². The molecule has 1 unspecified atom stereocenters. The molecular weight excluding hydrogens is 254 g/mol. The van der Waals surface area contributed by atoms with Gasteiger partial charge in [0.15, 0.2) is 0 Å². The van der Waals surface area contributed by atoms with Crippen LogP contribution in [0.3, 0.4) is 0 Å². The summed E-state index contributed by atoms with van der Waals surface area (Å²) in [4.78, 5) is 0. The van der Waals surface area contributed by atoms with Gasteiger partial charge in [-0.3, -0.25) is 0 Å².